The number of nitrogens with zero attached hydrogens (tertiary/aromatic N) is 2. The zero-order chi connectivity index (χ0) is 17.9. The number of hydrogen-bond donors (Lipinski definition) is 0. The van der Waals surface area contributed by atoms with Gasteiger partial charge in [0, 0.05) is 39.0 Å². The topological polar surface area (TPSA) is 40.6 Å². The Kier molecular flexibility index (Phi) is 5.28. The van der Waals surface area contributed by atoms with Crippen molar-refractivity contribution in [2.75, 3.05) is 26.2 Å². The molecule has 2 aliphatic heterocycles. The highest BCUT2D eigenvalue weighted by molar-refractivity contribution is 5.78. The first-order chi connectivity index (χ1) is 12.7. The number of amides is 2. The van der Waals surface area contributed by atoms with Crippen molar-refractivity contribution in [3.05, 3.63) is 35.4 Å². The van der Waals surface area contributed by atoms with Gasteiger partial charge in [0.25, 0.3) is 0 Å². The van der Waals surface area contributed by atoms with Gasteiger partial charge in [-0.3, -0.25) is 9.59 Å². The summed E-state index contributed by atoms with van der Waals surface area (Å²) in [5, 5.41) is 0. The predicted molar refractivity (Wildman–Crippen MR) is 102 cm³/mol. The minimum atomic E-state index is 0.328. The van der Waals surface area contributed by atoms with Crippen LogP contribution in [0.5, 0.6) is 0 Å². The van der Waals surface area contributed by atoms with Crippen LogP contribution in [0.25, 0.3) is 0 Å². The summed E-state index contributed by atoms with van der Waals surface area (Å²) in [5.41, 5.74) is 2.83. The van der Waals surface area contributed by atoms with Crippen molar-refractivity contribution in [1.82, 2.24) is 9.80 Å². The molecule has 26 heavy (non-hydrogen) atoms. The lowest BCUT2D eigenvalue weighted by molar-refractivity contribution is -0.133. The smallest absolute Gasteiger partial charge is 0.223 e. The summed E-state index contributed by atoms with van der Waals surface area (Å²) in [6.07, 6.45) is 7.95. The van der Waals surface area contributed by atoms with Crippen LogP contribution >= 0.6 is 0 Å². The van der Waals surface area contributed by atoms with E-state index >= 15 is 0 Å². The van der Waals surface area contributed by atoms with E-state index in [0.29, 0.717) is 30.1 Å². The second-order valence-corrected chi connectivity index (χ2v) is 8.24. The van der Waals surface area contributed by atoms with Gasteiger partial charge in [-0.15, -0.1) is 0 Å². The van der Waals surface area contributed by atoms with Crippen LogP contribution in [-0.4, -0.2) is 47.8 Å². The van der Waals surface area contributed by atoms with Gasteiger partial charge in [-0.25, -0.2) is 0 Å². The molecule has 2 amide bonds. The van der Waals surface area contributed by atoms with Gasteiger partial charge < -0.3 is 9.80 Å². The highest BCUT2D eigenvalue weighted by Crippen LogP contribution is 2.36. The zero-order valence-corrected chi connectivity index (χ0v) is 15.7. The standard InChI is InChI=1S/C22H30N2O2/c25-21-6-3-12-23(21)13-9-17-10-14-24(15-11-17)22(26)16-19-8-7-18-4-1-2-5-20(18)19/h1-2,4-5,17,19H,3,6-16H2. The molecule has 1 aromatic carbocycles. The highest BCUT2D eigenvalue weighted by atomic mass is 16.2. The molecule has 4 rings (SSSR count). The van der Waals surface area contributed by atoms with Crippen molar-refractivity contribution in [2.24, 2.45) is 5.92 Å². The van der Waals surface area contributed by atoms with Crippen LogP contribution in [0.4, 0.5) is 0 Å². The fourth-order valence-electron chi connectivity index (χ4n) is 4.95. The molecule has 140 valence electrons. The van der Waals surface area contributed by atoms with Crippen molar-refractivity contribution in [2.45, 2.75) is 57.3 Å². The van der Waals surface area contributed by atoms with Crippen molar-refractivity contribution >= 4 is 11.8 Å². The first-order valence-electron chi connectivity index (χ1n) is 10.3. The van der Waals surface area contributed by atoms with Crippen LogP contribution in [0.3, 0.4) is 0 Å². The third-order valence-corrected chi connectivity index (χ3v) is 6.62. The summed E-state index contributed by atoms with van der Waals surface area (Å²) in [4.78, 5) is 28.6. The first-order valence-corrected chi connectivity index (χ1v) is 10.3. The number of rotatable bonds is 5. The molecule has 2 saturated heterocycles. The van der Waals surface area contributed by atoms with E-state index in [2.05, 4.69) is 29.2 Å². The lowest BCUT2D eigenvalue weighted by Gasteiger charge is -2.33. The second-order valence-electron chi connectivity index (χ2n) is 8.24. The molecule has 4 nitrogen and oxygen atoms in total. The number of carbonyl (C=O) groups is 2. The summed E-state index contributed by atoms with van der Waals surface area (Å²) in [5.74, 6) is 1.74. The van der Waals surface area contributed by atoms with E-state index in [1.165, 1.54) is 11.1 Å². The quantitative estimate of drug-likeness (QED) is 0.813. The minimum Gasteiger partial charge on any atom is -0.343 e. The molecule has 0 bridgehead atoms. The van der Waals surface area contributed by atoms with Gasteiger partial charge in [-0.1, -0.05) is 24.3 Å². The average molecular weight is 354 g/mol. The van der Waals surface area contributed by atoms with Gasteiger partial charge in [0.05, 0.1) is 0 Å². The molecule has 4 heteroatoms. The molecule has 2 fully saturated rings. The molecular formula is C22H30N2O2. The van der Waals surface area contributed by atoms with Crippen molar-refractivity contribution in [1.29, 1.82) is 0 Å². The Balaban J connectivity index is 1.22. The molecule has 0 radical (unpaired) electrons. The number of benzene rings is 1. The summed E-state index contributed by atoms with van der Waals surface area (Å²) < 4.78 is 0. The Bertz CT molecular complexity index is 664. The third-order valence-electron chi connectivity index (χ3n) is 6.62. The molecule has 2 heterocycles. The van der Waals surface area contributed by atoms with Gasteiger partial charge in [-0.05, 0) is 61.5 Å². The van der Waals surface area contributed by atoms with Crippen LogP contribution in [0.15, 0.2) is 24.3 Å². The Hall–Kier alpha value is -1.84. The molecule has 1 aliphatic carbocycles. The summed E-state index contributed by atoms with van der Waals surface area (Å²) >= 11 is 0. The Morgan fingerprint density at radius 3 is 2.62 bits per heavy atom. The normalized spacial score (nSPS) is 23.5. The predicted octanol–water partition coefficient (Wildman–Crippen LogP) is 3.36. The lowest BCUT2D eigenvalue weighted by atomic mass is 9.92. The molecule has 3 aliphatic rings. The summed E-state index contributed by atoms with van der Waals surface area (Å²) in [6.45, 7) is 3.65. The number of aryl methyl sites for hydroxylation is 1. The molecule has 0 saturated carbocycles. The van der Waals surface area contributed by atoms with Gasteiger partial charge >= 0.3 is 0 Å². The van der Waals surface area contributed by atoms with Gasteiger partial charge in [-0.2, -0.15) is 0 Å². The largest absolute Gasteiger partial charge is 0.343 e. The van der Waals surface area contributed by atoms with Crippen LogP contribution in [0, 0.1) is 5.92 Å². The van der Waals surface area contributed by atoms with Crippen LogP contribution in [0.1, 0.15) is 62.0 Å². The van der Waals surface area contributed by atoms with Crippen molar-refractivity contribution in [3.8, 4) is 0 Å². The van der Waals surface area contributed by atoms with Crippen molar-refractivity contribution < 1.29 is 9.59 Å². The van der Waals surface area contributed by atoms with E-state index in [4.69, 9.17) is 0 Å². The van der Waals surface area contributed by atoms with Crippen LogP contribution < -0.4 is 0 Å². The van der Waals surface area contributed by atoms with Crippen LogP contribution in [-0.2, 0) is 16.0 Å². The third kappa shape index (κ3) is 3.79. The highest BCUT2D eigenvalue weighted by Gasteiger charge is 2.29. The summed E-state index contributed by atoms with van der Waals surface area (Å²) in [7, 11) is 0. The van der Waals surface area contributed by atoms with E-state index in [1.807, 2.05) is 4.90 Å². The average Bonchev–Trinajstić information content (AvgIpc) is 3.27. The molecule has 1 aromatic rings. The zero-order valence-electron chi connectivity index (χ0n) is 15.7. The van der Waals surface area contributed by atoms with E-state index in [9.17, 15) is 9.59 Å². The molecule has 0 N–H and O–H groups in total. The monoisotopic (exact) mass is 354 g/mol. The van der Waals surface area contributed by atoms with E-state index in [-0.39, 0.29) is 0 Å². The van der Waals surface area contributed by atoms with E-state index < -0.39 is 0 Å². The number of likely N-dealkylation sites (tertiary alicyclic amines) is 2. The fourth-order valence-corrected chi connectivity index (χ4v) is 4.95. The number of fused-ring (bicyclic) bond motifs is 1. The molecule has 1 atom stereocenters. The Morgan fingerprint density at radius 2 is 1.85 bits per heavy atom. The SMILES string of the molecule is O=C1CCCN1CCC1CCN(C(=O)CC2CCc3ccccc32)CC1. The minimum absolute atomic E-state index is 0.328. The maximum atomic E-state index is 12.8. The number of hydrogen-bond acceptors (Lipinski definition) is 2. The van der Waals surface area contributed by atoms with E-state index in [0.717, 1.165) is 71.1 Å². The summed E-state index contributed by atoms with van der Waals surface area (Å²) in [6, 6.07) is 8.60. The second kappa shape index (κ2) is 7.81. The first kappa shape index (κ1) is 17.6. The number of carbonyl (C=O) groups excluding carboxylic acids is 2. The maximum absolute atomic E-state index is 12.8. The van der Waals surface area contributed by atoms with Crippen LogP contribution in [0.2, 0.25) is 0 Å². The molecule has 0 spiro atoms. The van der Waals surface area contributed by atoms with E-state index in [1.54, 1.807) is 0 Å². The lowest BCUT2D eigenvalue weighted by Crippen LogP contribution is -2.39. The van der Waals surface area contributed by atoms with Crippen molar-refractivity contribution in [3.63, 3.8) is 0 Å². The number of piperidine rings is 1. The molecule has 0 aromatic heterocycles. The molecular weight excluding hydrogens is 324 g/mol. The Morgan fingerprint density at radius 1 is 1.04 bits per heavy atom. The Labute approximate surface area is 156 Å². The van der Waals surface area contributed by atoms with Gasteiger partial charge in [0.2, 0.25) is 11.8 Å². The van der Waals surface area contributed by atoms with Gasteiger partial charge in [0.1, 0.15) is 0 Å². The fraction of sp³-hybridized carbons (Fsp3) is 0.636. The molecule has 1 unspecified atom stereocenters. The van der Waals surface area contributed by atoms with Gasteiger partial charge in [0.15, 0.2) is 0 Å². The maximum Gasteiger partial charge on any atom is 0.223 e.